The second-order valence-corrected chi connectivity index (χ2v) is 7.05. The first-order valence-corrected chi connectivity index (χ1v) is 9.82. The lowest BCUT2D eigenvalue weighted by atomic mass is 10.1. The summed E-state index contributed by atoms with van der Waals surface area (Å²) in [7, 11) is 0. The molecule has 2 aromatic heterocycles. The van der Waals surface area contributed by atoms with Crippen LogP contribution in [0.2, 0.25) is 0 Å². The standard InChI is InChI=1S/C24H21N5O/c1-2-4-21(5-3-1)30-16-24-28-22-11-10-20(12-23(22)29-24)25-13-17-6-8-18(9-7-17)19-14-26-27-15-19/h1-12,14-15,25H,13,16H2,(H,26,27)(H,28,29). The summed E-state index contributed by atoms with van der Waals surface area (Å²) in [4.78, 5) is 7.95. The van der Waals surface area contributed by atoms with E-state index >= 15 is 0 Å². The third kappa shape index (κ3) is 4.03. The van der Waals surface area contributed by atoms with Gasteiger partial charge in [0.2, 0.25) is 0 Å². The van der Waals surface area contributed by atoms with Crippen LogP contribution < -0.4 is 10.1 Å². The van der Waals surface area contributed by atoms with Crippen LogP contribution in [0, 0.1) is 0 Å². The topological polar surface area (TPSA) is 78.6 Å². The summed E-state index contributed by atoms with van der Waals surface area (Å²) in [6, 6.07) is 24.4. The molecule has 148 valence electrons. The van der Waals surface area contributed by atoms with Crippen molar-refractivity contribution in [3.05, 3.63) is 96.6 Å². The molecule has 2 heterocycles. The van der Waals surface area contributed by atoms with Gasteiger partial charge >= 0.3 is 0 Å². The number of aromatic nitrogens is 4. The summed E-state index contributed by atoms with van der Waals surface area (Å²) in [6.07, 6.45) is 3.72. The van der Waals surface area contributed by atoms with E-state index in [-0.39, 0.29) is 0 Å². The minimum Gasteiger partial charge on any atom is -0.486 e. The maximum absolute atomic E-state index is 5.78. The van der Waals surface area contributed by atoms with Crippen molar-refractivity contribution in [2.75, 3.05) is 5.32 Å². The van der Waals surface area contributed by atoms with E-state index in [0.717, 1.165) is 46.0 Å². The van der Waals surface area contributed by atoms with E-state index in [1.54, 1.807) is 0 Å². The van der Waals surface area contributed by atoms with Crippen molar-refractivity contribution in [1.29, 1.82) is 0 Å². The molecule has 0 aliphatic rings. The Kier molecular flexibility index (Phi) is 4.88. The van der Waals surface area contributed by atoms with E-state index in [1.807, 2.05) is 54.9 Å². The summed E-state index contributed by atoms with van der Waals surface area (Å²) in [5.74, 6) is 1.64. The lowest BCUT2D eigenvalue weighted by molar-refractivity contribution is 0.297. The Labute approximate surface area is 174 Å². The molecule has 6 heteroatoms. The average Bonchev–Trinajstić information content (AvgIpc) is 3.47. The molecule has 0 atom stereocenters. The molecular weight excluding hydrogens is 374 g/mol. The minimum atomic E-state index is 0.407. The van der Waals surface area contributed by atoms with E-state index in [0.29, 0.717) is 6.61 Å². The van der Waals surface area contributed by atoms with Gasteiger partial charge in [-0.1, -0.05) is 42.5 Å². The van der Waals surface area contributed by atoms with Crippen LogP contribution in [0.4, 0.5) is 5.69 Å². The molecule has 0 saturated carbocycles. The molecular formula is C24H21N5O. The number of benzene rings is 3. The smallest absolute Gasteiger partial charge is 0.146 e. The van der Waals surface area contributed by atoms with E-state index in [4.69, 9.17) is 4.74 Å². The second-order valence-electron chi connectivity index (χ2n) is 7.05. The van der Waals surface area contributed by atoms with Crippen molar-refractivity contribution < 1.29 is 4.74 Å². The zero-order valence-electron chi connectivity index (χ0n) is 16.3. The van der Waals surface area contributed by atoms with Crippen LogP contribution >= 0.6 is 0 Å². The Balaban J connectivity index is 1.23. The highest BCUT2D eigenvalue weighted by molar-refractivity contribution is 5.79. The molecule has 5 aromatic rings. The van der Waals surface area contributed by atoms with Crippen molar-refractivity contribution >= 4 is 16.7 Å². The molecule has 0 radical (unpaired) electrons. The Morgan fingerprint density at radius 3 is 2.57 bits per heavy atom. The molecule has 0 aliphatic carbocycles. The van der Waals surface area contributed by atoms with Gasteiger partial charge in [-0.15, -0.1) is 0 Å². The number of imidazole rings is 1. The summed E-state index contributed by atoms with van der Waals surface area (Å²) in [6.45, 7) is 1.15. The molecule has 3 N–H and O–H groups in total. The maximum Gasteiger partial charge on any atom is 0.146 e. The quantitative estimate of drug-likeness (QED) is 0.356. The zero-order valence-corrected chi connectivity index (χ0v) is 16.3. The molecule has 6 nitrogen and oxygen atoms in total. The van der Waals surface area contributed by atoms with Crippen LogP contribution in [0.1, 0.15) is 11.4 Å². The van der Waals surface area contributed by atoms with Gasteiger partial charge < -0.3 is 15.0 Å². The van der Waals surface area contributed by atoms with Gasteiger partial charge in [0.25, 0.3) is 0 Å². The summed E-state index contributed by atoms with van der Waals surface area (Å²) >= 11 is 0. The normalized spacial score (nSPS) is 10.9. The van der Waals surface area contributed by atoms with Crippen LogP contribution in [-0.2, 0) is 13.2 Å². The van der Waals surface area contributed by atoms with E-state index in [9.17, 15) is 0 Å². The van der Waals surface area contributed by atoms with Crippen molar-refractivity contribution in [2.24, 2.45) is 0 Å². The molecule has 0 spiro atoms. The molecule has 3 aromatic carbocycles. The van der Waals surface area contributed by atoms with Gasteiger partial charge in [0.05, 0.1) is 17.2 Å². The largest absolute Gasteiger partial charge is 0.486 e. The lowest BCUT2D eigenvalue weighted by Gasteiger charge is -2.07. The van der Waals surface area contributed by atoms with Gasteiger partial charge in [-0.3, -0.25) is 5.10 Å². The lowest BCUT2D eigenvalue weighted by Crippen LogP contribution is -1.99. The number of H-pyrrole nitrogens is 2. The zero-order chi connectivity index (χ0) is 20.2. The number of aromatic amines is 2. The first kappa shape index (κ1) is 18.0. The third-order valence-electron chi connectivity index (χ3n) is 4.93. The van der Waals surface area contributed by atoms with Crippen LogP contribution in [0.25, 0.3) is 22.2 Å². The Morgan fingerprint density at radius 1 is 0.900 bits per heavy atom. The third-order valence-corrected chi connectivity index (χ3v) is 4.93. The van der Waals surface area contributed by atoms with E-state index in [2.05, 4.69) is 55.8 Å². The van der Waals surface area contributed by atoms with Gasteiger partial charge in [-0.05, 0) is 41.5 Å². The van der Waals surface area contributed by atoms with Crippen LogP contribution in [0.5, 0.6) is 5.75 Å². The fourth-order valence-corrected chi connectivity index (χ4v) is 3.34. The van der Waals surface area contributed by atoms with E-state index in [1.165, 1.54) is 5.56 Å². The van der Waals surface area contributed by atoms with Gasteiger partial charge in [-0.2, -0.15) is 5.10 Å². The highest BCUT2D eigenvalue weighted by Crippen LogP contribution is 2.21. The van der Waals surface area contributed by atoms with Gasteiger partial charge in [0.15, 0.2) is 0 Å². The van der Waals surface area contributed by atoms with Crippen molar-refractivity contribution in [3.8, 4) is 16.9 Å². The average molecular weight is 395 g/mol. The number of hydrogen-bond donors (Lipinski definition) is 3. The fraction of sp³-hybridized carbons (Fsp3) is 0.0833. The van der Waals surface area contributed by atoms with Crippen LogP contribution in [0.3, 0.4) is 0 Å². The molecule has 0 bridgehead atoms. The van der Waals surface area contributed by atoms with Crippen molar-refractivity contribution in [3.63, 3.8) is 0 Å². The number of nitrogens with one attached hydrogen (secondary N) is 3. The van der Waals surface area contributed by atoms with Crippen LogP contribution in [-0.4, -0.2) is 20.2 Å². The van der Waals surface area contributed by atoms with E-state index < -0.39 is 0 Å². The molecule has 0 aliphatic heterocycles. The number of nitrogens with zero attached hydrogens (tertiary/aromatic N) is 2. The maximum atomic E-state index is 5.78. The predicted molar refractivity (Wildman–Crippen MR) is 118 cm³/mol. The first-order chi connectivity index (χ1) is 14.8. The Hall–Kier alpha value is -4.06. The summed E-state index contributed by atoms with van der Waals surface area (Å²) in [5, 5.41) is 10.3. The second kappa shape index (κ2) is 8.13. The predicted octanol–water partition coefficient (Wildman–Crippen LogP) is 5.14. The first-order valence-electron chi connectivity index (χ1n) is 9.82. The van der Waals surface area contributed by atoms with Gasteiger partial charge in [0.1, 0.15) is 18.2 Å². The number of hydrogen-bond acceptors (Lipinski definition) is 4. The summed E-state index contributed by atoms with van der Waals surface area (Å²) in [5.41, 5.74) is 6.41. The SMILES string of the molecule is c1ccc(OCc2nc3ccc(NCc4ccc(-c5cn[nH]c5)cc4)cc3[nH]2)cc1. The number of para-hydroxylation sites is 1. The number of fused-ring (bicyclic) bond motifs is 1. The molecule has 0 amide bonds. The van der Waals surface area contributed by atoms with Crippen molar-refractivity contribution in [2.45, 2.75) is 13.2 Å². The molecule has 0 saturated heterocycles. The Bertz CT molecular complexity index is 1230. The number of rotatable bonds is 7. The minimum absolute atomic E-state index is 0.407. The van der Waals surface area contributed by atoms with Crippen molar-refractivity contribution in [1.82, 2.24) is 20.2 Å². The molecule has 0 unspecified atom stereocenters. The molecule has 0 fully saturated rings. The molecule has 30 heavy (non-hydrogen) atoms. The number of ether oxygens (including phenoxy) is 1. The highest BCUT2D eigenvalue weighted by atomic mass is 16.5. The summed E-state index contributed by atoms with van der Waals surface area (Å²) < 4.78 is 5.78. The van der Waals surface area contributed by atoms with Gasteiger partial charge in [0, 0.05) is 24.0 Å². The van der Waals surface area contributed by atoms with Crippen LogP contribution in [0.15, 0.2) is 85.2 Å². The Morgan fingerprint density at radius 2 is 1.77 bits per heavy atom. The monoisotopic (exact) mass is 395 g/mol. The molecule has 5 rings (SSSR count). The highest BCUT2D eigenvalue weighted by Gasteiger charge is 2.05. The van der Waals surface area contributed by atoms with Gasteiger partial charge in [-0.25, -0.2) is 4.98 Å². The number of anilines is 1. The fourth-order valence-electron chi connectivity index (χ4n) is 3.34.